The van der Waals surface area contributed by atoms with Crippen LogP contribution in [0.15, 0.2) is 6.07 Å². The highest BCUT2D eigenvalue weighted by atomic mass is 35.5. The lowest BCUT2D eigenvalue weighted by Crippen LogP contribution is -2.21. The Morgan fingerprint density at radius 1 is 1.47 bits per heavy atom. The Hall–Kier alpha value is -1.26. The number of phenols is 1. The number of hydrogen-bond acceptors (Lipinski definition) is 3. The van der Waals surface area contributed by atoms with Gasteiger partial charge in [0.1, 0.15) is 11.8 Å². The van der Waals surface area contributed by atoms with Crippen LogP contribution >= 0.6 is 11.6 Å². The zero-order valence-corrected chi connectivity index (χ0v) is 9.17. The largest absolute Gasteiger partial charge is 0.507 e. The minimum absolute atomic E-state index is 0.105. The van der Waals surface area contributed by atoms with Gasteiger partial charge in [0.25, 0.3) is 0 Å². The highest BCUT2D eigenvalue weighted by Gasteiger charge is 2.21. The molecule has 0 saturated heterocycles. The van der Waals surface area contributed by atoms with E-state index in [2.05, 4.69) is 0 Å². The van der Waals surface area contributed by atoms with Crippen molar-refractivity contribution >= 4 is 17.6 Å². The number of carbonyl (C=O) groups is 1. The molecule has 82 valence electrons. The Morgan fingerprint density at radius 2 is 2.00 bits per heavy atom. The van der Waals surface area contributed by atoms with Crippen molar-refractivity contribution in [3.05, 3.63) is 27.8 Å². The van der Waals surface area contributed by atoms with Crippen molar-refractivity contribution in [2.75, 3.05) is 0 Å². The molecule has 0 saturated carbocycles. The molecule has 0 aliphatic rings. The molecular formula is C10H12ClNO3. The minimum atomic E-state index is -1.26. The monoisotopic (exact) mass is 229 g/mol. The number of phenolic OH excluding ortho intramolecular Hbond substituents is 1. The summed E-state index contributed by atoms with van der Waals surface area (Å²) in [4.78, 5) is 10.7. The molecule has 0 amide bonds. The third kappa shape index (κ3) is 2.06. The lowest BCUT2D eigenvalue weighted by molar-refractivity contribution is -0.138. The molecule has 0 radical (unpaired) electrons. The number of halogens is 1. The maximum Gasteiger partial charge on any atom is 0.325 e. The van der Waals surface area contributed by atoms with Crippen LogP contribution in [0.4, 0.5) is 0 Å². The summed E-state index contributed by atoms with van der Waals surface area (Å²) in [6.07, 6.45) is 0. The van der Waals surface area contributed by atoms with Gasteiger partial charge in [-0.1, -0.05) is 11.6 Å². The minimum Gasteiger partial charge on any atom is -0.507 e. The second kappa shape index (κ2) is 4.08. The lowest BCUT2D eigenvalue weighted by Gasteiger charge is -2.14. The standard InChI is InChI=1S/C10H12ClNO3/c1-4-5(2)9(13)6(3-7(4)11)8(12)10(14)15/h3,8,13H,12H2,1-2H3,(H,14,15)/t8-/m0/s1. The van der Waals surface area contributed by atoms with E-state index in [9.17, 15) is 9.90 Å². The first-order chi connectivity index (χ1) is 6.86. The Bertz CT molecular complexity index is 418. The molecule has 1 aromatic carbocycles. The topological polar surface area (TPSA) is 83.6 Å². The van der Waals surface area contributed by atoms with Gasteiger partial charge in [-0.25, -0.2) is 0 Å². The molecule has 1 aromatic rings. The molecule has 5 heteroatoms. The second-order valence-corrected chi connectivity index (χ2v) is 3.77. The van der Waals surface area contributed by atoms with Gasteiger partial charge in [0.2, 0.25) is 0 Å². The summed E-state index contributed by atoms with van der Waals surface area (Å²) in [5.41, 5.74) is 6.81. The van der Waals surface area contributed by atoms with E-state index < -0.39 is 12.0 Å². The van der Waals surface area contributed by atoms with Crippen molar-refractivity contribution in [2.24, 2.45) is 5.73 Å². The highest BCUT2D eigenvalue weighted by Crippen LogP contribution is 2.33. The Balaban J connectivity index is 3.38. The summed E-state index contributed by atoms with van der Waals surface area (Å²) in [7, 11) is 0. The fraction of sp³-hybridized carbons (Fsp3) is 0.300. The van der Waals surface area contributed by atoms with Gasteiger partial charge in [0, 0.05) is 10.6 Å². The number of carboxylic acids is 1. The third-order valence-corrected chi connectivity index (χ3v) is 2.83. The van der Waals surface area contributed by atoms with Crippen molar-refractivity contribution in [2.45, 2.75) is 19.9 Å². The molecule has 0 bridgehead atoms. The predicted octanol–water partition coefficient (Wildman–Crippen LogP) is 1.75. The van der Waals surface area contributed by atoms with Crippen LogP contribution in [0.3, 0.4) is 0 Å². The molecule has 0 fully saturated rings. The predicted molar refractivity (Wildman–Crippen MR) is 57.2 cm³/mol. The first-order valence-electron chi connectivity index (χ1n) is 4.33. The SMILES string of the molecule is Cc1c(Cl)cc([C@H](N)C(=O)O)c(O)c1C. The average molecular weight is 230 g/mol. The molecule has 4 nitrogen and oxygen atoms in total. The van der Waals surface area contributed by atoms with E-state index in [1.54, 1.807) is 13.8 Å². The Labute approximate surface area is 92.3 Å². The van der Waals surface area contributed by atoms with Gasteiger partial charge in [0.15, 0.2) is 0 Å². The molecular weight excluding hydrogens is 218 g/mol. The van der Waals surface area contributed by atoms with Crippen LogP contribution in [-0.4, -0.2) is 16.2 Å². The Kier molecular flexibility index (Phi) is 3.21. The molecule has 15 heavy (non-hydrogen) atoms. The van der Waals surface area contributed by atoms with Gasteiger partial charge in [-0.3, -0.25) is 4.79 Å². The summed E-state index contributed by atoms with van der Waals surface area (Å²) in [5.74, 6) is -1.31. The fourth-order valence-corrected chi connectivity index (χ4v) is 1.52. The number of hydrogen-bond donors (Lipinski definition) is 3. The van der Waals surface area contributed by atoms with Crippen molar-refractivity contribution < 1.29 is 15.0 Å². The number of carboxylic acid groups (broad SMARTS) is 1. The van der Waals surface area contributed by atoms with Crippen LogP contribution in [0.25, 0.3) is 0 Å². The van der Waals surface area contributed by atoms with E-state index in [1.807, 2.05) is 0 Å². The molecule has 0 aliphatic heterocycles. The number of benzene rings is 1. The van der Waals surface area contributed by atoms with Gasteiger partial charge in [-0.15, -0.1) is 0 Å². The van der Waals surface area contributed by atoms with Gasteiger partial charge in [0.05, 0.1) is 0 Å². The molecule has 1 atom stereocenters. The van der Waals surface area contributed by atoms with Crippen molar-refractivity contribution in [1.29, 1.82) is 0 Å². The Morgan fingerprint density at radius 3 is 2.47 bits per heavy atom. The van der Waals surface area contributed by atoms with Crippen LogP contribution in [-0.2, 0) is 4.79 Å². The van der Waals surface area contributed by atoms with E-state index in [1.165, 1.54) is 6.07 Å². The molecule has 0 heterocycles. The fourth-order valence-electron chi connectivity index (χ4n) is 1.26. The second-order valence-electron chi connectivity index (χ2n) is 3.36. The third-order valence-electron chi connectivity index (χ3n) is 2.43. The van der Waals surface area contributed by atoms with Crippen LogP contribution in [0.5, 0.6) is 5.75 Å². The van der Waals surface area contributed by atoms with E-state index in [-0.39, 0.29) is 11.3 Å². The lowest BCUT2D eigenvalue weighted by atomic mass is 9.99. The van der Waals surface area contributed by atoms with Crippen molar-refractivity contribution in [1.82, 2.24) is 0 Å². The maximum atomic E-state index is 10.7. The number of rotatable bonds is 2. The van der Waals surface area contributed by atoms with Gasteiger partial charge in [-0.2, -0.15) is 0 Å². The smallest absolute Gasteiger partial charge is 0.325 e. The van der Waals surface area contributed by atoms with Gasteiger partial charge < -0.3 is 15.9 Å². The van der Waals surface area contributed by atoms with E-state index >= 15 is 0 Å². The molecule has 0 aliphatic carbocycles. The first-order valence-corrected chi connectivity index (χ1v) is 4.71. The molecule has 0 spiro atoms. The summed E-state index contributed by atoms with van der Waals surface area (Å²) in [6.45, 7) is 3.40. The van der Waals surface area contributed by atoms with Crippen molar-refractivity contribution in [3.8, 4) is 5.75 Å². The summed E-state index contributed by atoms with van der Waals surface area (Å²) >= 11 is 5.88. The zero-order valence-electron chi connectivity index (χ0n) is 8.41. The molecule has 0 unspecified atom stereocenters. The molecule has 4 N–H and O–H groups in total. The van der Waals surface area contributed by atoms with Crippen LogP contribution in [0.2, 0.25) is 5.02 Å². The summed E-state index contributed by atoms with van der Waals surface area (Å²) < 4.78 is 0. The highest BCUT2D eigenvalue weighted by molar-refractivity contribution is 6.31. The number of aliphatic carboxylic acids is 1. The van der Waals surface area contributed by atoms with Gasteiger partial charge >= 0.3 is 5.97 Å². The normalized spacial score (nSPS) is 12.5. The number of aromatic hydroxyl groups is 1. The summed E-state index contributed by atoms with van der Waals surface area (Å²) in [5, 5.41) is 18.9. The average Bonchev–Trinajstić information content (AvgIpc) is 2.19. The first kappa shape index (κ1) is 11.8. The summed E-state index contributed by atoms with van der Waals surface area (Å²) in [6, 6.07) is 0.125. The molecule has 0 aromatic heterocycles. The maximum absolute atomic E-state index is 10.7. The number of nitrogens with two attached hydrogens (primary N) is 1. The van der Waals surface area contributed by atoms with Crippen LogP contribution in [0, 0.1) is 13.8 Å². The van der Waals surface area contributed by atoms with E-state index in [0.717, 1.165) is 5.56 Å². The molecule has 1 rings (SSSR count). The van der Waals surface area contributed by atoms with Crippen LogP contribution in [0.1, 0.15) is 22.7 Å². The van der Waals surface area contributed by atoms with E-state index in [0.29, 0.717) is 10.6 Å². The van der Waals surface area contributed by atoms with E-state index in [4.69, 9.17) is 22.4 Å². The zero-order chi connectivity index (χ0) is 11.7. The quantitative estimate of drug-likeness (QED) is 0.721. The van der Waals surface area contributed by atoms with Gasteiger partial charge in [-0.05, 0) is 31.0 Å². The van der Waals surface area contributed by atoms with Crippen molar-refractivity contribution in [3.63, 3.8) is 0 Å². The van der Waals surface area contributed by atoms with Crippen LogP contribution < -0.4 is 5.73 Å².